The minimum Gasteiger partial charge on any atom is -0.323 e. The second-order valence-corrected chi connectivity index (χ2v) is 6.44. The third kappa shape index (κ3) is 2.60. The average molecular weight is 305 g/mol. The maximum atomic E-state index is 13.0. The van der Waals surface area contributed by atoms with Crippen LogP contribution < -0.4 is 11.3 Å². The number of nitrogens with two attached hydrogens (primary N) is 1. The number of pyridine rings is 1. The first-order valence-electron chi connectivity index (χ1n) is 7.69. The molecule has 1 atom stereocenters. The Bertz CT molecular complexity index is 715. The molecule has 0 bridgehead atoms. The molecule has 2 N–H and O–H groups in total. The van der Waals surface area contributed by atoms with E-state index in [4.69, 9.17) is 17.3 Å². The predicted octanol–water partition coefficient (Wildman–Crippen LogP) is 4.18. The fraction of sp³-hybridized carbons (Fsp3) is 0.471. The minimum atomic E-state index is -0.164. The van der Waals surface area contributed by atoms with Crippen molar-refractivity contribution in [1.82, 2.24) is 4.57 Å². The fourth-order valence-corrected chi connectivity index (χ4v) is 3.68. The van der Waals surface area contributed by atoms with Gasteiger partial charge in [-0.3, -0.25) is 4.79 Å². The largest absolute Gasteiger partial charge is 0.323 e. The molecule has 4 heteroatoms. The minimum absolute atomic E-state index is 0.0114. The van der Waals surface area contributed by atoms with Gasteiger partial charge in [0.05, 0.1) is 10.4 Å². The quantitative estimate of drug-likeness (QED) is 0.904. The monoisotopic (exact) mass is 304 g/mol. The molecule has 1 fully saturated rings. The summed E-state index contributed by atoms with van der Waals surface area (Å²) in [7, 11) is 0. The normalized spacial score (nSPS) is 18.0. The first-order chi connectivity index (χ1) is 10.1. The molecule has 0 radical (unpaired) electrons. The molecule has 1 aromatic carbocycles. The molecule has 1 saturated carbocycles. The molecule has 2 aromatic rings. The van der Waals surface area contributed by atoms with Crippen molar-refractivity contribution < 1.29 is 0 Å². The molecule has 0 amide bonds. The molecule has 1 aliphatic carbocycles. The lowest BCUT2D eigenvalue weighted by atomic mass is 9.94. The van der Waals surface area contributed by atoms with Gasteiger partial charge >= 0.3 is 0 Å². The molecule has 1 aromatic heterocycles. The van der Waals surface area contributed by atoms with Crippen molar-refractivity contribution in [3.05, 3.63) is 45.3 Å². The Morgan fingerprint density at radius 3 is 2.67 bits per heavy atom. The lowest BCUT2D eigenvalue weighted by molar-refractivity contribution is 0.336. The second kappa shape index (κ2) is 5.82. The van der Waals surface area contributed by atoms with E-state index in [0.29, 0.717) is 10.4 Å². The fourth-order valence-electron chi connectivity index (χ4n) is 3.42. The van der Waals surface area contributed by atoms with Crippen LogP contribution in [-0.2, 0) is 0 Å². The molecular formula is C17H21ClN2O. The summed E-state index contributed by atoms with van der Waals surface area (Å²) in [5.74, 6) is 0. The first kappa shape index (κ1) is 14.6. The van der Waals surface area contributed by atoms with Crippen LogP contribution in [0.25, 0.3) is 10.8 Å². The summed E-state index contributed by atoms with van der Waals surface area (Å²) in [5.41, 5.74) is 7.06. The van der Waals surface area contributed by atoms with Crippen molar-refractivity contribution in [2.75, 3.05) is 0 Å². The zero-order valence-corrected chi connectivity index (χ0v) is 13.1. The summed E-state index contributed by atoms with van der Waals surface area (Å²) in [4.78, 5) is 13.0. The van der Waals surface area contributed by atoms with Crippen LogP contribution in [0.15, 0.2) is 29.1 Å². The van der Waals surface area contributed by atoms with Gasteiger partial charge in [0.2, 0.25) is 0 Å². The van der Waals surface area contributed by atoms with E-state index >= 15 is 0 Å². The van der Waals surface area contributed by atoms with Gasteiger partial charge in [-0.25, -0.2) is 0 Å². The smallest absolute Gasteiger partial charge is 0.260 e. The molecule has 0 spiro atoms. The molecule has 3 nitrogen and oxygen atoms in total. The van der Waals surface area contributed by atoms with Crippen LogP contribution in [-0.4, -0.2) is 4.57 Å². The van der Waals surface area contributed by atoms with Gasteiger partial charge in [0, 0.05) is 17.8 Å². The highest BCUT2D eigenvalue weighted by Gasteiger charge is 2.22. The van der Waals surface area contributed by atoms with E-state index in [9.17, 15) is 4.79 Å². The Kier molecular flexibility index (Phi) is 4.05. The topological polar surface area (TPSA) is 48.0 Å². The van der Waals surface area contributed by atoms with Crippen molar-refractivity contribution in [2.24, 2.45) is 5.73 Å². The molecule has 1 unspecified atom stereocenters. The van der Waals surface area contributed by atoms with Gasteiger partial charge in [-0.1, -0.05) is 43.0 Å². The van der Waals surface area contributed by atoms with Crippen LogP contribution in [0, 0.1) is 0 Å². The Balaban J connectivity index is 2.29. The predicted molar refractivity (Wildman–Crippen MR) is 87.9 cm³/mol. The van der Waals surface area contributed by atoms with Crippen molar-refractivity contribution in [3.63, 3.8) is 0 Å². The molecule has 1 aliphatic rings. The van der Waals surface area contributed by atoms with Gasteiger partial charge in [-0.2, -0.15) is 0 Å². The van der Waals surface area contributed by atoms with Crippen LogP contribution in [0.1, 0.15) is 56.8 Å². The Hall–Kier alpha value is -1.32. The highest BCUT2D eigenvalue weighted by molar-refractivity contribution is 6.35. The Labute approximate surface area is 129 Å². The average Bonchev–Trinajstić information content (AvgIpc) is 2.47. The highest BCUT2D eigenvalue weighted by Crippen LogP contribution is 2.31. The Morgan fingerprint density at radius 1 is 1.29 bits per heavy atom. The van der Waals surface area contributed by atoms with E-state index in [2.05, 4.69) is 0 Å². The summed E-state index contributed by atoms with van der Waals surface area (Å²) < 4.78 is 1.91. The third-order valence-corrected chi connectivity index (χ3v) is 4.78. The van der Waals surface area contributed by atoms with Crippen molar-refractivity contribution in [2.45, 2.75) is 51.1 Å². The first-order valence-corrected chi connectivity index (χ1v) is 8.06. The van der Waals surface area contributed by atoms with Gasteiger partial charge in [0.1, 0.15) is 0 Å². The molecule has 3 rings (SSSR count). The molecule has 0 saturated heterocycles. The van der Waals surface area contributed by atoms with Gasteiger partial charge in [0.15, 0.2) is 0 Å². The van der Waals surface area contributed by atoms with E-state index in [1.165, 1.54) is 19.3 Å². The molecule has 0 aliphatic heterocycles. The third-order valence-electron chi connectivity index (χ3n) is 4.47. The SMILES string of the molecule is CC(N)c1cc2cccc(Cl)c2c(=O)n1C1CCCCC1. The number of benzene rings is 1. The number of nitrogens with zero attached hydrogens (tertiary/aromatic N) is 1. The number of aromatic nitrogens is 1. The summed E-state index contributed by atoms with van der Waals surface area (Å²) in [6, 6.07) is 7.71. The lowest BCUT2D eigenvalue weighted by Gasteiger charge is -2.28. The number of rotatable bonds is 2. The van der Waals surface area contributed by atoms with E-state index in [1.54, 1.807) is 6.07 Å². The van der Waals surface area contributed by atoms with Crippen LogP contribution in [0.4, 0.5) is 0 Å². The summed E-state index contributed by atoms with van der Waals surface area (Å²) in [6.45, 7) is 1.94. The number of halogens is 1. The van der Waals surface area contributed by atoms with Crippen molar-refractivity contribution in [1.29, 1.82) is 0 Å². The van der Waals surface area contributed by atoms with Gasteiger partial charge in [0.25, 0.3) is 5.56 Å². The zero-order valence-electron chi connectivity index (χ0n) is 12.3. The van der Waals surface area contributed by atoms with Crippen molar-refractivity contribution >= 4 is 22.4 Å². The summed E-state index contributed by atoms with van der Waals surface area (Å²) in [6.07, 6.45) is 5.71. The standard InChI is InChI=1S/C17H21ClN2O/c1-11(19)15-10-12-6-5-9-14(18)16(12)17(21)20(15)13-7-3-2-4-8-13/h5-6,9-11,13H,2-4,7-8,19H2,1H3. The van der Waals surface area contributed by atoms with E-state index in [0.717, 1.165) is 23.9 Å². The van der Waals surface area contributed by atoms with Crippen LogP contribution in [0.2, 0.25) is 5.02 Å². The summed E-state index contributed by atoms with van der Waals surface area (Å²) in [5, 5.41) is 2.03. The molecule has 21 heavy (non-hydrogen) atoms. The molecular weight excluding hydrogens is 284 g/mol. The van der Waals surface area contributed by atoms with E-state index < -0.39 is 0 Å². The Morgan fingerprint density at radius 2 is 2.00 bits per heavy atom. The van der Waals surface area contributed by atoms with Crippen LogP contribution >= 0.6 is 11.6 Å². The van der Waals surface area contributed by atoms with Gasteiger partial charge in [-0.15, -0.1) is 0 Å². The number of hydrogen-bond acceptors (Lipinski definition) is 2. The zero-order chi connectivity index (χ0) is 15.0. The van der Waals surface area contributed by atoms with Crippen LogP contribution in [0.3, 0.4) is 0 Å². The lowest BCUT2D eigenvalue weighted by Crippen LogP contribution is -2.31. The van der Waals surface area contributed by atoms with Gasteiger partial charge < -0.3 is 10.3 Å². The maximum absolute atomic E-state index is 13.0. The van der Waals surface area contributed by atoms with E-state index in [-0.39, 0.29) is 17.6 Å². The summed E-state index contributed by atoms with van der Waals surface area (Å²) >= 11 is 6.26. The number of fused-ring (bicyclic) bond motifs is 1. The molecule has 1 heterocycles. The number of hydrogen-bond donors (Lipinski definition) is 1. The van der Waals surface area contributed by atoms with E-state index in [1.807, 2.05) is 29.7 Å². The second-order valence-electron chi connectivity index (χ2n) is 6.03. The van der Waals surface area contributed by atoms with Crippen LogP contribution in [0.5, 0.6) is 0 Å². The maximum Gasteiger partial charge on any atom is 0.260 e. The van der Waals surface area contributed by atoms with Crippen molar-refractivity contribution in [3.8, 4) is 0 Å². The molecule has 112 valence electrons. The highest BCUT2D eigenvalue weighted by atomic mass is 35.5. The van der Waals surface area contributed by atoms with Gasteiger partial charge in [-0.05, 0) is 37.3 Å².